The van der Waals surface area contributed by atoms with Crippen LogP contribution in [0.1, 0.15) is 18.4 Å². The van der Waals surface area contributed by atoms with Crippen molar-refractivity contribution in [3.63, 3.8) is 0 Å². The van der Waals surface area contributed by atoms with Gasteiger partial charge in [0.25, 0.3) is 0 Å². The zero-order valence-corrected chi connectivity index (χ0v) is 14.8. The van der Waals surface area contributed by atoms with Gasteiger partial charge in [0, 0.05) is 24.8 Å². The molecule has 140 valence electrons. The third kappa shape index (κ3) is 3.81. The Kier molecular flexibility index (Phi) is 4.82. The van der Waals surface area contributed by atoms with Gasteiger partial charge in [-0.1, -0.05) is 30.3 Å². The van der Waals surface area contributed by atoms with E-state index in [9.17, 15) is 9.59 Å². The van der Waals surface area contributed by atoms with Crippen LogP contribution in [0.15, 0.2) is 48.5 Å². The maximum absolute atomic E-state index is 12.7. The molecule has 0 spiro atoms. The molecule has 4 rings (SSSR count). The Labute approximate surface area is 157 Å². The molecule has 2 aromatic carbocycles. The number of carbonyl (C=O) groups is 2. The molecule has 0 aromatic heterocycles. The van der Waals surface area contributed by atoms with Gasteiger partial charge in [0.05, 0.1) is 0 Å². The second-order valence-corrected chi connectivity index (χ2v) is 6.55. The van der Waals surface area contributed by atoms with Gasteiger partial charge in [-0.2, -0.15) is 0 Å². The Morgan fingerprint density at radius 2 is 1.89 bits per heavy atom. The van der Waals surface area contributed by atoms with Crippen LogP contribution in [-0.2, 0) is 11.3 Å². The molecular formula is C20H21N3O4. The molecule has 2 aliphatic heterocycles. The van der Waals surface area contributed by atoms with Crippen molar-refractivity contribution in [2.45, 2.75) is 25.4 Å². The molecule has 2 aromatic rings. The highest BCUT2D eigenvalue weighted by Crippen LogP contribution is 2.34. The summed E-state index contributed by atoms with van der Waals surface area (Å²) < 4.78 is 10.6. The number of anilines is 1. The van der Waals surface area contributed by atoms with Crippen LogP contribution in [0.5, 0.6) is 11.5 Å². The Morgan fingerprint density at radius 3 is 2.74 bits per heavy atom. The lowest BCUT2D eigenvalue weighted by atomic mass is 10.2. The fourth-order valence-corrected chi connectivity index (χ4v) is 3.36. The molecule has 7 heteroatoms. The average Bonchev–Trinajstić information content (AvgIpc) is 3.36. The van der Waals surface area contributed by atoms with E-state index < -0.39 is 6.04 Å². The summed E-state index contributed by atoms with van der Waals surface area (Å²) >= 11 is 0. The summed E-state index contributed by atoms with van der Waals surface area (Å²) in [5.41, 5.74) is 1.65. The number of amides is 3. The maximum atomic E-state index is 12.7. The number of urea groups is 1. The Hall–Kier alpha value is -3.22. The van der Waals surface area contributed by atoms with Crippen molar-refractivity contribution in [3.8, 4) is 11.5 Å². The Balaban J connectivity index is 1.37. The van der Waals surface area contributed by atoms with Crippen molar-refractivity contribution in [1.29, 1.82) is 0 Å². The smallest absolute Gasteiger partial charge is 0.318 e. The van der Waals surface area contributed by atoms with Crippen molar-refractivity contribution in [1.82, 2.24) is 10.2 Å². The number of ether oxygens (including phenoxy) is 2. The standard InChI is InChI=1S/C20H21N3O4/c24-19(22-15-8-9-17-18(11-15)27-13-26-17)16-7-4-10-23(16)20(25)21-12-14-5-2-1-3-6-14/h1-3,5-6,8-9,11,16H,4,7,10,12-13H2,(H,21,25)(H,22,24)/t16-/m1/s1. The fraction of sp³-hybridized carbons (Fsp3) is 0.300. The second kappa shape index (κ2) is 7.57. The van der Waals surface area contributed by atoms with Crippen LogP contribution in [0.4, 0.5) is 10.5 Å². The van der Waals surface area contributed by atoms with Crippen molar-refractivity contribution in [3.05, 3.63) is 54.1 Å². The molecule has 0 bridgehead atoms. The zero-order valence-electron chi connectivity index (χ0n) is 14.8. The predicted molar refractivity (Wildman–Crippen MR) is 99.6 cm³/mol. The minimum absolute atomic E-state index is 0.185. The molecule has 1 atom stereocenters. The topological polar surface area (TPSA) is 79.9 Å². The third-order valence-corrected chi connectivity index (χ3v) is 4.74. The molecule has 27 heavy (non-hydrogen) atoms. The molecule has 0 unspecified atom stereocenters. The van der Waals surface area contributed by atoms with Crippen molar-refractivity contribution in [2.75, 3.05) is 18.7 Å². The summed E-state index contributed by atoms with van der Waals surface area (Å²) in [6.07, 6.45) is 1.45. The number of fused-ring (bicyclic) bond motifs is 1. The summed E-state index contributed by atoms with van der Waals surface area (Å²) in [5, 5.41) is 5.77. The van der Waals surface area contributed by atoms with Crippen LogP contribution in [0.25, 0.3) is 0 Å². The van der Waals surface area contributed by atoms with Crippen LogP contribution in [0.3, 0.4) is 0 Å². The van der Waals surface area contributed by atoms with Gasteiger partial charge in [-0.25, -0.2) is 4.79 Å². The minimum Gasteiger partial charge on any atom is -0.454 e. The number of nitrogens with one attached hydrogen (secondary N) is 2. The maximum Gasteiger partial charge on any atom is 0.318 e. The largest absolute Gasteiger partial charge is 0.454 e. The van der Waals surface area contributed by atoms with E-state index in [1.165, 1.54) is 0 Å². The van der Waals surface area contributed by atoms with Crippen molar-refractivity contribution >= 4 is 17.6 Å². The number of nitrogens with zero attached hydrogens (tertiary/aromatic N) is 1. The molecule has 1 fully saturated rings. The summed E-state index contributed by atoms with van der Waals surface area (Å²) in [7, 11) is 0. The minimum atomic E-state index is -0.480. The lowest BCUT2D eigenvalue weighted by Crippen LogP contribution is -2.47. The highest BCUT2D eigenvalue weighted by molar-refractivity contribution is 5.97. The number of hydrogen-bond donors (Lipinski definition) is 2. The van der Waals surface area contributed by atoms with Crippen molar-refractivity contribution < 1.29 is 19.1 Å². The van der Waals surface area contributed by atoms with Crippen LogP contribution < -0.4 is 20.1 Å². The predicted octanol–water partition coefficient (Wildman–Crippen LogP) is 2.73. The van der Waals surface area contributed by atoms with E-state index in [4.69, 9.17) is 9.47 Å². The lowest BCUT2D eigenvalue weighted by molar-refractivity contribution is -0.119. The van der Waals surface area contributed by atoms with Gasteiger partial charge in [-0.15, -0.1) is 0 Å². The first-order valence-electron chi connectivity index (χ1n) is 8.99. The molecule has 1 saturated heterocycles. The molecule has 2 N–H and O–H groups in total. The summed E-state index contributed by atoms with van der Waals surface area (Å²) in [6.45, 7) is 1.19. The zero-order chi connectivity index (χ0) is 18.6. The van der Waals surface area contributed by atoms with Crippen molar-refractivity contribution in [2.24, 2.45) is 0 Å². The monoisotopic (exact) mass is 367 g/mol. The molecule has 0 radical (unpaired) electrons. The summed E-state index contributed by atoms with van der Waals surface area (Å²) in [6, 6.07) is 14.3. The fourth-order valence-electron chi connectivity index (χ4n) is 3.36. The summed E-state index contributed by atoms with van der Waals surface area (Å²) in [4.78, 5) is 26.8. The first-order valence-corrected chi connectivity index (χ1v) is 8.99. The lowest BCUT2D eigenvalue weighted by Gasteiger charge is -2.24. The van der Waals surface area contributed by atoms with Gasteiger partial charge in [-0.3, -0.25) is 4.79 Å². The molecule has 2 heterocycles. The first kappa shape index (κ1) is 17.2. The molecular weight excluding hydrogens is 346 g/mol. The Bertz CT molecular complexity index is 840. The van der Waals surface area contributed by atoms with Crippen LogP contribution in [0.2, 0.25) is 0 Å². The van der Waals surface area contributed by atoms with Gasteiger partial charge in [-0.05, 0) is 30.5 Å². The molecule has 0 aliphatic carbocycles. The van der Waals surface area contributed by atoms with Gasteiger partial charge in [0.1, 0.15) is 6.04 Å². The van der Waals surface area contributed by atoms with E-state index in [0.29, 0.717) is 36.7 Å². The van der Waals surface area contributed by atoms with E-state index in [-0.39, 0.29) is 18.7 Å². The number of benzene rings is 2. The van der Waals surface area contributed by atoms with Gasteiger partial charge >= 0.3 is 6.03 Å². The van der Waals surface area contributed by atoms with E-state index in [2.05, 4.69) is 10.6 Å². The molecule has 7 nitrogen and oxygen atoms in total. The van der Waals surface area contributed by atoms with Gasteiger partial charge in [0.15, 0.2) is 11.5 Å². The number of likely N-dealkylation sites (tertiary alicyclic amines) is 1. The summed E-state index contributed by atoms with van der Waals surface area (Å²) in [5.74, 6) is 1.08. The average molecular weight is 367 g/mol. The van der Waals surface area contributed by atoms with Crippen LogP contribution in [-0.4, -0.2) is 36.2 Å². The van der Waals surface area contributed by atoms with Crippen LogP contribution in [0, 0.1) is 0 Å². The van der Waals surface area contributed by atoms with Gasteiger partial charge in [0.2, 0.25) is 12.7 Å². The van der Waals surface area contributed by atoms with E-state index >= 15 is 0 Å². The molecule has 3 amide bonds. The first-order chi connectivity index (χ1) is 13.2. The number of rotatable bonds is 4. The SMILES string of the molecule is O=C(Nc1ccc2c(c1)OCO2)[C@H]1CCCN1C(=O)NCc1ccccc1. The quantitative estimate of drug-likeness (QED) is 0.871. The number of carbonyl (C=O) groups excluding carboxylic acids is 2. The highest BCUT2D eigenvalue weighted by Gasteiger charge is 2.34. The van der Waals surface area contributed by atoms with E-state index in [1.807, 2.05) is 30.3 Å². The van der Waals surface area contributed by atoms with Gasteiger partial charge < -0.3 is 25.0 Å². The molecule has 0 saturated carbocycles. The highest BCUT2D eigenvalue weighted by atomic mass is 16.7. The van der Waals surface area contributed by atoms with E-state index in [1.54, 1.807) is 23.1 Å². The normalized spacial score (nSPS) is 17.6. The van der Waals surface area contributed by atoms with E-state index in [0.717, 1.165) is 12.0 Å². The second-order valence-electron chi connectivity index (χ2n) is 6.55. The Morgan fingerprint density at radius 1 is 1.07 bits per heavy atom. The molecule has 2 aliphatic rings. The third-order valence-electron chi connectivity index (χ3n) is 4.74. The number of hydrogen-bond acceptors (Lipinski definition) is 4. The van der Waals surface area contributed by atoms with Crippen LogP contribution >= 0.6 is 0 Å².